The van der Waals surface area contributed by atoms with Crippen LogP contribution < -0.4 is 16.0 Å². The van der Waals surface area contributed by atoms with Crippen molar-refractivity contribution in [3.8, 4) is 22.2 Å². The minimum absolute atomic E-state index is 0.240. The number of likely N-dealkylation sites (N-methyl/N-ethyl adjacent to an activating group) is 1. The van der Waals surface area contributed by atoms with E-state index in [4.69, 9.17) is 9.40 Å². The minimum Gasteiger partial charge on any atom is -0.443 e. The summed E-state index contributed by atoms with van der Waals surface area (Å²) in [5.41, 5.74) is 2.38. The van der Waals surface area contributed by atoms with Gasteiger partial charge < -0.3 is 25.3 Å². The van der Waals surface area contributed by atoms with E-state index in [1.165, 1.54) is 17.6 Å². The molecule has 3 N–H and O–H groups in total. The molecular formula is C29H34N6O4S. The molecule has 3 aromatic rings. The molecule has 1 aliphatic carbocycles. The molecule has 0 bridgehead atoms. The second-order valence-electron chi connectivity index (χ2n) is 10.1. The first-order chi connectivity index (χ1) is 19.5. The lowest BCUT2D eigenvalue weighted by Crippen LogP contribution is -2.55. The van der Waals surface area contributed by atoms with Crippen LogP contribution in [0.2, 0.25) is 0 Å². The van der Waals surface area contributed by atoms with Gasteiger partial charge in [-0.3, -0.25) is 14.4 Å². The summed E-state index contributed by atoms with van der Waals surface area (Å²) in [5.74, 6) is -0.397. The molecule has 0 saturated carbocycles. The van der Waals surface area contributed by atoms with Crippen molar-refractivity contribution in [2.45, 2.75) is 63.6 Å². The van der Waals surface area contributed by atoms with Gasteiger partial charge in [0.2, 0.25) is 17.7 Å². The second-order valence-corrected chi connectivity index (χ2v) is 11.1. The van der Waals surface area contributed by atoms with Crippen molar-refractivity contribution in [1.82, 2.24) is 25.5 Å². The van der Waals surface area contributed by atoms with E-state index in [0.29, 0.717) is 41.0 Å². The number of hydrogen-bond acceptors (Lipinski definition) is 8. The molecule has 210 valence electrons. The Bertz CT molecular complexity index is 1370. The number of carbonyl (C=O) groups excluding carboxylic acids is 3. The topological polar surface area (TPSA) is 129 Å². The van der Waals surface area contributed by atoms with E-state index in [1.807, 2.05) is 30.3 Å². The molecule has 3 atom stereocenters. The van der Waals surface area contributed by atoms with Crippen molar-refractivity contribution in [3.05, 3.63) is 54.4 Å². The fourth-order valence-corrected chi connectivity index (χ4v) is 6.05. The largest absolute Gasteiger partial charge is 0.443 e. The highest BCUT2D eigenvalue weighted by Crippen LogP contribution is 2.38. The standard InChI is InChI=1S/C29H34N6O4S/c1-18(30-2)24(36)32-23(20-12-7-4-8-13-20)29(38)35-16-9-14-21(35)25(37)34-27-22(19-10-5-3-6-11-19)33-28(40-27)26-31-15-17-39-26/h3,5-6,10-12,15,17-18,21,23,30H,4,7-9,13-14,16H2,1-2H3,(H,32,36)(H,34,37)/t18-,21-,23-/m0/s1. The third-order valence-electron chi connectivity index (χ3n) is 7.42. The van der Waals surface area contributed by atoms with Gasteiger partial charge in [-0.1, -0.05) is 47.7 Å². The maximum Gasteiger partial charge on any atom is 0.255 e. The third-order valence-corrected chi connectivity index (χ3v) is 8.38. The predicted octanol–water partition coefficient (Wildman–Crippen LogP) is 3.99. The number of benzene rings is 1. The Balaban J connectivity index is 1.39. The minimum atomic E-state index is -0.781. The molecule has 5 rings (SSSR count). The van der Waals surface area contributed by atoms with Gasteiger partial charge in [0.25, 0.3) is 5.89 Å². The summed E-state index contributed by atoms with van der Waals surface area (Å²) in [6.45, 7) is 2.21. The number of oxazole rings is 1. The number of anilines is 1. The number of amides is 3. The number of carbonyl (C=O) groups is 3. The van der Waals surface area contributed by atoms with Crippen LogP contribution in [0.3, 0.4) is 0 Å². The van der Waals surface area contributed by atoms with Crippen molar-refractivity contribution in [1.29, 1.82) is 0 Å². The summed E-state index contributed by atoms with van der Waals surface area (Å²) in [7, 11) is 1.71. The Morgan fingerprint density at radius 2 is 1.98 bits per heavy atom. The number of allylic oxidation sites excluding steroid dienone is 1. The summed E-state index contributed by atoms with van der Waals surface area (Å²) in [6.07, 6.45) is 9.99. The molecule has 1 aliphatic heterocycles. The molecule has 0 spiro atoms. The number of nitrogens with zero attached hydrogens (tertiary/aromatic N) is 3. The number of thiazole rings is 1. The Morgan fingerprint density at radius 1 is 1.15 bits per heavy atom. The van der Waals surface area contributed by atoms with Crippen LogP contribution >= 0.6 is 11.3 Å². The normalized spacial score (nSPS) is 18.6. The molecule has 0 unspecified atom stereocenters. The Labute approximate surface area is 237 Å². The van der Waals surface area contributed by atoms with Gasteiger partial charge in [0.05, 0.1) is 12.2 Å². The Hall–Kier alpha value is -3.83. The lowest BCUT2D eigenvalue weighted by atomic mass is 9.92. The first kappa shape index (κ1) is 27.7. The van der Waals surface area contributed by atoms with Crippen molar-refractivity contribution in [3.63, 3.8) is 0 Å². The molecule has 10 nitrogen and oxygen atoms in total. The van der Waals surface area contributed by atoms with Crippen LogP contribution in [0.15, 0.2) is 58.9 Å². The van der Waals surface area contributed by atoms with Gasteiger partial charge in [-0.25, -0.2) is 9.97 Å². The van der Waals surface area contributed by atoms with Gasteiger partial charge in [-0.2, -0.15) is 0 Å². The van der Waals surface area contributed by atoms with E-state index in [-0.39, 0.29) is 17.7 Å². The quantitative estimate of drug-likeness (QED) is 0.336. The lowest BCUT2D eigenvalue weighted by molar-refractivity contribution is -0.139. The van der Waals surface area contributed by atoms with E-state index < -0.39 is 18.1 Å². The zero-order chi connectivity index (χ0) is 28.1. The number of nitrogens with one attached hydrogen (secondary N) is 3. The van der Waals surface area contributed by atoms with E-state index in [0.717, 1.165) is 36.8 Å². The molecule has 1 fully saturated rings. The van der Waals surface area contributed by atoms with Crippen LogP contribution in [0.5, 0.6) is 0 Å². The summed E-state index contributed by atoms with van der Waals surface area (Å²) < 4.78 is 5.44. The van der Waals surface area contributed by atoms with Crippen molar-refractivity contribution in [2.24, 2.45) is 0 Å². The highest BCUT2D eigenvalue weighted by molar-refractivity contribution is 7.19. The SMILES string of the molecule is CN[C@@H](C)C(=O)N[C@H](C(=O)N1CCC[C@H]1C(=O)Nc1sc(-c2ncco2)nc1-c1ccccc1)C1=CCCCC1. The average Bonchev–Trinajstić information content (AvgIpc) is 3.77. The zero-order valence-electron chi connectivity index (χ0n) is 22.7. The maximum absolute atomic E-state index is 13.9. The third kappa shape index (κ3) is 6.00. The second kappa shape index (κ2) is 12.6. The molecule has 3 amide bonds. The van der Waals surface area contributed by atoms with Crippen molar-refractivity contribution in [2.75, 3.05) is 18.9 Å². The number of hydrogen-bond donors (Lipinski definition) is 3. The smallest absolute Gasteiger partial charge is 0.255 e. The molecule has 1 saturated heterocycles. The Kier molecular flexibility index (Phi) is 8.71. The van der Waals surface area contributed by atoms with Gasteiger partial charge >= 0.3 is 0 Å². The molecule has 11 heteroatoms. The van der Waals surface area contributed by atoms with E-state index in [1.54, 1.807) is 25.1 Å². The first-order valence-electron chi connectivity index (χ1n) is 13.7. The summed E-state index contributed by atoms with van der Waals surface area (Å²) in [4.78, 5) is 51.0. The fraction of sp³-hybridized carbons (Fsp3) is 0.414. The number of aromatic nitrogens is 2. The van der Waals surface area contributed by atoms with Crippen LogP contribution in [-0.4, -0.2) is 64.3 Å². The van der Waals surface area contributed by atoms with E-state index in [9.17, 15) is 14.4 Å². The Morgan fingerprint density at radius 3 is 2.67 bits per heavy atom. The lowest BCUT2D eigenvalue weighted by Gasteiger charge is -2.31. The van der Waals surface area contributed by atoms with Crippen LogP contribution in [-0.2, 0) is 14.4 Å². The van der Waals surface area contributed by atoms with Gasteiger partial charge in [-0.15, -0.1) is 0 Å². The molecule has 2 aromatic heterocycles. The summed E-state index contributed by atoms with van der Waals surface area (Å²) in [5, 5.41) is 10.0. The van der Waals surface area contributed by atoms with Crippen molar-refractivity contribution < 1.29 is 18.8 Å². The molecule has 2 aliphatic rings. The highest BCUT2D eigenvalue weighted by atomic mass is 32.1. The van der Waals surface area contributed by atoms with Gasteiger partial charge in [0.15, 0.2) is 5.01 Å². The van der Waals surface area contributed by atoms with E-state index in [2.05, 4.69) is 27.0 Å². The van der Waals surface area contributed by atoms with Gasteiger partial charge in [-0.05, 0) is 58.1 Å². The van der Waals surface area contributed by atoms with Crippen LogP contribution in [0.25, 0.3) is 22.2 Å². The number of likely N-dealkylation sites (tertiary alicyclic amines) is 1. The summed E-state index contributed by atoms with van der Waals surface area (Å²) >= 11 is 1.28. The molecular weight excluding hydrogens is 528 g/mol. The molecule has 40 heavy (non-hydrogen) atoms. The first-order valence-corrected chi connectivity index (χ1v) is 14.5. The zero-order valence-corrected chi connectivity index (χ0v) is 23.5. The van der Waals surface area contributed by atoms with Gasteiger partial charge in [0, 0.05) is 12.1 Å². The monoisotopic (exact) mass is 562 g/mol. The highest BCUT2D eigenvalue weighted by Gasteiger charge is 2.39. The maximum atomic E-state index is 13.9. The summed E-state index contributed by atoms with van der Waals surface area (Å²) in [6, 6.07) is 7.69. The van der Waals surface area contributed by atoms with Crippen LogP contribution in [0.4, 0.5) is 5.00 Å². The fourth-order valence-electron chi connectivity index (χ4n) is 5.12. The average molecular weight is 563 g/mol. The predicted molar refractivity (Wildman–Crippen MR) is 153 cm³/mol. The van der Waals surface area contributed by atoms with Gasteiger partial charge in [0.1, 0.15) is 29.0 Å². The molecule has 3 heterocycles. The van der Waals surface area contributed by atoms with Crippen LogP contribution in [0, 0.1) is 0 Å². The molecule has 0 radical (unpaired) electrons. The van der Waals surface area contributed by atoms with Crippen molar-refractivity contribution >= 4 is 34.1 Å². The molecule has 1 aromatic carbocycles. The number of rotatable bonds is 9. The van der Waals surface area contributed by atoms with E-state index >= 15 is 0 Å². The van der Waals surface area contributed by atoms with Crippen LogP contribution in [0.1, 0.15) is 45.4 Å².